The lowest BCUT2D eigenvalue weighted by atomic mass is 9.77. The van der Waals surface area contributed by atoms with E-state index in [1.165, 1.54) is 24.3 Å². The van der Waals surface area contributed by atoms with Crippen LogP contribution in [0.2, 0.25) is 0 Å². The number of allylic oxidation sites excluding steroid dienone is 2. The second-order valence-electron chi connectivity index (χ2n) is 8.20. The molecule has 0 aromatic heterocycles. The predicted octanol–water partition coefficient (Wildman–Crippen LogP) is 5.87. The fourth-order valence-electron chi connectivity index (χ4n) is 4.28. The summed E-state index contributed by atoms with van der Waals surface area (Å²) in [6.45, 7) is 2.38. The van der Waals surface area contributed by atoms with Gasteiger partial charge in [0.25, 0.3) is 0 Å². The molecule has 1 aliphatic heterocycles. The summed E-state index contributed by atoms with van der Waals surface area (Å²) in [6, 6.07) is 6.55. The molecule has 3 rings (SSSR count). The molecule has 1 saturated heterocycles. The minimum absolute atomic E-state index is 0.000154. The van der Waals surface area contributed by atoms with Gasteiger partial charge >= 0.3 is 0 Å². The van der Waals surface area contributed by atoms with Crippen molar-refractivity contribution in [3.8, 4) is 0 Å². The van der Waals surface area contributed by atoms with Crippen molar-refractivity contribution in [1.29, 1.82) is 0 Å². The predicted molar refractivity (Wildman–Crippen MR) is 120 cm³/mol. The molecule has 1 aromatic rings. The maximum absolute atomic E-state index is 12.9. The van der Waals surface area contributed by atoms with E-state index in [1.54, 1.807) is 12.1 Å². The number of benzene rings is 1. The van der Waals surface area contributed by atoms with Crippen LogP contribution in [0.15, 0.2) is 40.8 Å². The SMILES string of the molecule is CCC(=NOCCCCc1ccc(F)cc1)C1=C(O)CC(C2CCCSC2)CC1=O. The minimum atomic E-state index is -0.220. The molecule has 0 spiro atoms. The zero-order valence-electron chi connectivity index (χ0n) is 17.7. The van der Waals surface area contributed by atoms with Gasteiger partial charge < -0.3 is 9.94 Å². The molecule has 2 aliphatic rings. The lowest BCUT2D eigenvalue weighted by Gasteiger charge is -2.32. The van der Waals surface area contributed by atoms with E-state index in [0.29, 0.717) is 43.1 Å². The molecule has 164 valence electrons. The van der Waals surface area contributed by atoms with Gasteiger partial charge in [0.05, 0.1) is 11.3 Å². The van der Waals surface area contributed by atoms with Gasteiger partial charge in [-0.1, -0.05) is 24.2 Å². The van der Waals surface area contributed by atoms with Crippen LogP contribution >= 0.6 is 11.8 Å². The van der Waals surface area contributed by atoms with Crippen LogP contribution in [0, 0.1) is 17.7 Å². The van der Waals surface area contributed by atoms with Crippen molar-refractivity contribution in [2.24, 2.45) is 17.0 Å². The molecule has 1 aliphatic carbocycles. The van der Waals surface area contributed by atoms with E-state index in [4.69, 9.17) is 4.84 Å². The summed E-state index contributed by atoms with van der Waals surface area (Å²) in [5, 5.41) is 14.8. The number of unbranched alkanes of at least 4 members (excludes halogenated alkanes) is 1. The number of oxime groups is 1. The quantitative estimate of drug-likeness (QED) is 0.301. The average Bonchev–Trinajstić information content (AvgIpc) is 2.76. The summed E-state index contributed by atoms with van der Waals surface area (Å²) >= 11 is 1.96. The van der Waals surface area contributed by atoms with Gasteiger partial charge in [0.1, 0.15) is 18.2 Å². The Bertz CT molecular complexity index is 769. The van der Waals surface area contributed by atoms with Gasteiger partial charge in [-0.2, -0.15) is 11.8 Å². The molecule has 2 atom stereocenters. The van der Waals surface area contributed by atoms with Crippen molar-refractivity contribution in [1.82, 2.24) is 0 Å². The largest absolute Gasteiger partial charge is 0.511 e. The Labute approximate surface area is 183 Å². The molecule has 30 heavy (non-hydrogen) atoms. The molecule has 0 bridgehead atoms. The van der Waals surface area contributed by atoms with Crippen LogP contribution in [0.1, 0.15) is 57.4 Å². The molecule has 1 heterocycles. The number of hydrogen-bond acceptors (Lipinski definition) is 5. The number of nitrogens with zero attached hydrogens (tertiary/aromatic N) is 1. The first-order valence-electron chi connectivity index (χ1n) is 11.0. The number of aliphatic hydroxyl groups excluding tert-OH is 1. The molecular formula is C24H32FNO3S. The number of thioether (sulfide) groups is 1. The molecule has 0 radical (unpaired) electrons. The van der Waals surface area contributed by atoms with Gasteiger partial charge in [-0.05, 0) is 79.6 Å². The van der Waals surface area contributed by atoms with E-state index >= 15 is 0 Å². The highest BCUT2D eigenvalue weighted by molar-refractivity contribution is 7.99. The Balaban J connectivity index is 1.49. The molecule has 0 amide bonds. The fourth-order valence-corrected chi connectivity index (χ4v) is 5.56. The number of halogens is 1. The second-order valence-corrected chi connectivity index (χ2v) is 9.35. The van der Waals surface area contributed by atoms with Crippen LogP contribution in [0.25, 0.3) is 0 Å². The maximum atomic E-state index is 12.9. The topological polar surface area (TPSA) is 58.9 Å². The summed E-state index contributed by atoms with van der Waals surface area (Å²) in [6.07, 6.45) is 6.57. The Morgan fingerprint density at radius 3 is 2.70 bits per heavy atom. The minimum Gasteiger partial charge on any atom is -0.511 e. The van der Waals surface area contributed by atoms with E-state index in [0.717, 1.165) is 37.0 Å². The summed E-state index contributed by atoms with van der Waals surface area (Å²) < 4.78 is 12.9. The lowest BCUT2D eigenvalue weighted by Crippen LogP contribution is -2.30. The summed E-state index contributed by atoms with van der Waals surface area (Å²) in [5.74, 6) is 3.04. The highest BCUT2D eigenvalue weighted by atomic mass is 32.2. The van der Waals surface area contributed by atoms with Crippen LogP contribution < -0.4 is 0 Å². The number of ketones is 1. The van der Waals surface area contributed by atoms with Gasteiger partial charge in [-0.15, -0.1) is 0 Å². The van der Waals surface area contributed by atoms with Crippen LogP contribution in [0.5, 0.6) is 0 Å². The van der Waals surface area contributed by atoms with E-state index < -0.39 is 0 Å². The van der Waals surface area contributed by atoms with Crippen molar-refractivity contribution < 1.29 is 19.1 Å². The van der Waals surface area contributed by atoms with E-state index in [2.05, 4.69) is 5.16 Å². The number of carbonyl (C=O) groups excluding carboxylic acids is 1. The Morgan fingerprint density at radius 2 is 2.03 bits per heavy atom. The Kier molecular flexibility index (Phi) is 8.79. The average molecular weight is 434 g/mol. The Hall–Kier alpha value is -1.82. The van der Waals surface area contributed by atoms with Gasteiger partial charge in [0.15, 0.2) is 5.78 Å². The first kappa shape index (κ1) is 22.9. The van der Waals surface area contributed by atoms with Crippen molar-refractivity contribution in [3.05, 3.63) is 47.0 Å². The highest BCUT2D eigenvalue weighted by Gasteiger charge is 2.35. The third-order valence-electron chi connectivity index (χ3n) is 6.00. The second kappa shape index (κ2) is 11.5. The molecular weight excluding hydrogens is 401 g/mol. The van der Waals surface area contributed by atoms with Gasteiger partial charge in [-0.3, -0.25) is 4.79 Å². The third-order valence-corrected chi connectivity index (χ3v) is 7.24. The molecule has 0 saturated carbocycles. The van der Waals surface area contributed by atoms with Gasteiger partial charge in [0, 0.05) is 12.8 Å². The number of aliphatic hydroxyl groups is 1. The smallest absolute Gasteiger partial charge is 0.168 e. The van der Waals surface area contributed by atoms with E-state index in [1.807, 2.05) is 18.7 Å². The van der Waals surface area contributed by atoms with E-state index in [9.17, 15) is 14.3 Å². The molecule has 1 fully saturated rings. The van der Waals surface area contributed by atoms with Crippen molar-refractivity contribution in [2.45, 2.75) is 58.3 Å². The first-order chi connectivity index (χ1) is 14.6. The van der Waals surface area contributed by atoms with Gasteiger partial charge in [-0.25, -0.2) is 4.39 Å². The zero-order valence-corrected chi connectivity index (χ0v) is 18.6. The standard InChI is InChI=1S/C24H32FNO3S/c1-2-21(26-29-12-4-3-6-17-8-10-20(25)11-9-17)24-22(27)14-19(15-23(24)28)18-7-5-13-30-16-18/h8-11,18-19,27H,2-7,12-16H2,1H3. The van der Waals surface area contributed by atoms with Crippen molar-refractivity contribution in [3.63, 3.8) is 0 Å². The summed E-state index contributed by atoms with van der Waals surface area (Å²) in [5.41, 5.74) is 2.03. The van der Waals surface area contributed by atoms with Crippen LogP contribution in [-0.2, 0) is 16.1 Å². The number of Topliss-reactive ketones (excluding diaryl/α,β-unsaturated/α-hetero) is 1. The van der Waals surface area contributed by atoms with Crippen LogP contribution in [0.4, 0.5) is 4.39 Å². The van der Waals surface area contributed by atoms with Gasteiger partial charge in [0.2, 0.25) is 0 Å². The molecule has 2 unspecified atom stereocenters. The molecule has 6 heteroatoms. The number of rotatable bonds is 9. The first-order valence-corrected chi connectivity index (χ1v) is 12.2. The monoisotopic (exact) mass is 433 g/mol. The normalized spacial score (nSPS) is 23.0. The molecule has 1 aromatic carbocycles. The fraction of sp³-hybridized carbons (Fsp3) is 0.583. The van der Waals surface area contributed by atoms with Crippen LogP contribution in [0.3, 0.4) is 0 Å². The number of aryl methyl sites for hydroxylation is 1. The van der Waals surface area contributed by atoms with E-state index in [-0.39, 0.29) is 23.3 Å². The summed E-state index contributed by atoms with van der Waals surface area (Å²) in [7, 11) is 0. The number of hydrogen-bond donors (Lipinski definition) is 1. The third kappa shape index (κ3) is 6.34. The van der Waals surface area contributed by atoms with Crippen LogP contribution in [-0.4, -0.2) is 34.7 Å². The van der Waals surface area contributed by atoms with Crippen molar-refractivity contribution in [2.75, 3.05) is 18.1 Å². The maximum Gasteiger partial charge on any atom is 0.168 e. The molecule has 1 N–H and O–H groups in total. The summed E-state index contributed by atoms with van der Waals surface area (Å²) in [4.78, 5) is 18.3. The lowest BCUT2D eigenvalue weighted by molar-refractivity contribution is -0.117. The zero-order chi connectivity index (χ0) is 21.3. The Morgan fingerprint density at radius 1 is 1.23 bits per heavy atom. The number of carbonyl (C=O) groups is 1. The molecule has 4 nitrogen and oxygen atoms in total. The van der Waals surface area contributed by atoms with Crippen molar-refractivity contribution >= 4 is 23.3 Å². The highest BCUT2D eigenvalue weighted by Crippen LogP contribution is 2.38.